The van der Waals surface area contributed by atoms with Crippen LogP contribution in [0.5, 0.6) is 5.75 Å². The summed E-state index contributed by atoms with van der Waals surface area (Å²) in [6.07, 6.45) is 0. The molecule has 29 heavy (non-hydrogen) atoms. The normalized spacial score (nSPS) is 10.2. The fraction of sp³-hybridized carbons (Fsp3) is 0.350. The zero-order chi connectivity index (χ0) is 21.6. The van der Waals surface area contributed by atoms with Gasteiger partial charge in [-0.15, -0.1) is 11.3 Å². The average molecular weight is 436 g/mol. The summed E-state index contributed by atoms with van der Waals surface area (Å²) in [6, 6.07) is 7.29. The molecule has 156 valence electrons. The van der Waals surface area contributed by atoms with Gasteiger partial charge in [-0.25, -0.2) is 4.79 Å². The average Bonchev–Trinajstić information content (AvgIpc) is 3.03. The van der Waals surface area contributed by atoms with Gasteiger partial charge in [0, 0.05) is 24.8 Å². The number of carbonyl (C=O) groups excluding carboxylic acids is 2. The smallest absolute Gasteiger partial charge is 0.341 e. The molecule has 0 fully saturated rings. The summed E-state index contributed by atoms with van der Waals surface area (Å²) in [5, 5.41) is 6.83. The van der Waals surface area contributed by atoms with Gasteiger partial charge in [0.1, 0.15) is 10.8 Å². The lowest BCUT2D eigenvalue weighted by Gasteiger charge is -2.17. The second-order valence-electron chi connectivity index (χ2n) is 6.04. The maximum absolute atomic E-state index is 12.8. The highest BCUT2D eigenvalue weighted by Gasteiger charge is 2.27. The highest BCUT2D eigenvalue weighted by atomic mass is 32.1. The topological polar surface area (TPSA) is 79.9 Å². The monoisotopic (exact) mass is 435 g/mol. The molecule has 0 saturated carbocycles. The van der Waals surface area contributed by atoms with Gasteiger partial charge in [0.2, 0.25) is 0 Å². The fourth-order valence-electron chi connectivity index (χ4n) is 2.77. The Morgan fingerprint density at radius 2 is 1.86 bits per heavy atom. The highest BCUT2D eigenvalue weighted by molar-refractivity contribution is 7.80. The molecule has 2 rings (SSSR count). The molecule has 0 atom stereocenters. The van der Waals surface area contributed by atoms with Crippen LogP contribution in [0, 0.1) is 6.92 Å². The molecular formula is C20H25N3O4S2. The standard InChI is InChI=1S/C20H25N3O4S2/c1-6-23(7-2)18(24)16-12(3)15(19(25)27-5)17(29-16)22-20(28)21-13-9-8-10-14(11-13)26-4/h8-11H,6-7H2,1-5H3,(H2,21,22,28). The van der Waals surface area contributed by atoms with E-state index in [4.69, 9.17) is 21.7 Å². The number of thiophene rings is 1. The molecule has 2 N–H and O–H groups in total. The number of carbonyl (C=O) groups is 2. The molecule has 0 radical (unpaired) electrons. The van der Waals surface area contributed by atoms with Gasteiger partial charge >= 0.3 is 5.97 Å². The lowest BCUT2D eigenvalue weighted by Crippen LogP contribution is -2.30. The van der Waals surface area contributed by atoms with Crippen molar-refractivity contribution in [2.45, 2.75) is 20.8 Å². The number of nitrogens with zero attached hydrogens (tertiary/aromatic N) is 1. The largest absolute Gasteiger partial charge is 0.497 e. The Balaban J connectivity index is 2.32. The number of benzene rings is 1. The Kier molecular flexibility index (Phi) is 7.98. The van der Waals surface area contributed by atoms with Crippen LogP contribution in [0.4, 0.5) is 10.7 Å². The van der Waals surface area contributed by atoms with E-state index in [2.05, 4.69) is 10.6 Å². The minimum atomic E-state index is -0.524. The van der Waals surface area contributed by atoms with Gasteiger partial charge in [0.05, 0.1) is 24.7 Å². The van der Waals surface area contributed by atoms with E-state index in [0.29, 0.717) is 39.8 Å². The Bertz CT molecular complexity index is 907. The molecular weight excluding hydrogens is 410 g/mol. The van der Waals surface area contributed by atoms with Crippen molar-refractivity contribution in [2.75, 3.05) is 37.9 Å². The van der Waals surface area contributed by atoms with Crippen molar-refractivity contribution in [3.63, 3.8) is 0 Å². The van der Waals surface area contributed by atoms with Crippen LogP contribution in [0.15, 0.2) is 24.3 Å². The van der Waals surface area contributed by atoms with Gasteiger partial charge in [0.25, 0.3) is 5.91 Å². The summed E-state index contributed by atoms with van der Waals surface area (Å²) >= 11 is 6.58. The fourth-order valence-corrected chi connectivity index (χ4v) is 4.23. The summed E-state index contributed by atoms with van der Waals surface area (Å²) in [4.78, 5) is 27.4. The Hall–Kier alpha value is -2.65. The van der Waals surface area contributed by atoms with E-state index in [9.17, 15) is 9.59 Å². The maximum atomic E-state index is 12.8. The molecule has 7 nitrogen and oxygen atoms in total. The summed E-state index contributed by atoms with van der Waals surface area (Å²) < 4.78 is 10.1. The van der Waals surface area contributed by atoms with Crippen LogP contribution in [0.3, 0.4) is 0 Å². The molecule has 0 unspecified atom stereocenters. The van der Waals surface area contributed by atoms with Gasteiger partial charge in [-0.1, -0.05) is 6.07 Å². The van der Waals surface area contributed by atoms with E-state index in [1.807, 2.05) is 32.0 Å². The number of rotatable bonds is 7. The second-order valence-corrected chi connectivity index (χ2v) is 7.47. The van der Waals surface area contributed by atoms with Crippen LogP contribution in [0.2, 0.25) is 0 Å². The summed E-state index contributed by atoms with van der Waals surface area (Å²) in [5.74, 6) is 0.0403. The predicted octanol–water partition coefficient (Wildman–Crippen LogP) is 4.14. The van der Waals surface area contributed by atoms with Crippen LogP contribution in [-0.4, -0.2) is 49.2 Å². The van der Waals surface area contributed by atoms with E-state index in [1.54, 1.807) is 25.0 Å². The van der Waals surface area contributed by atoms with E-state index >= 15 is 0 Å². The molecule has 9 heteroatoms. The minimum Gasteiger partial charge on any atom is -0.497 e. The van der Waals surface area contributed by atoms with Crippen molar-refractivity contribution in [1.29, 1.82) is 0 Å². The predicted molar refractivity (Wildman–Crippen MR) is 120 cm³/mol. The Morgan fingerprint density at radius 3 is 2.45 bits per heavy atom. The van der Waals surface area contributed by atoms with Gasteiger partial charge < -0.3 is 25.0 Å². The molecule has 1 amide bonds. The molecule has 0 bridgehead atoms. The Morgan fingerprint density at radius 1 is 1.17 bits per heavy atom. The Labute approximate surface area is 180 Å². The maximum Gasteiger partial charge on any atom is 0.341 e. The van der Waals surface area contributed by atoms with Crippen molar-refractivity contribution < 1.29 is 19.1 Å². The van der Waals surface area contributed by atoms with Crippen molar-refractivity contribution in [3.05, 3.63) is 40.3 Å². The van der Waals surface area contributed by atoms with Crippen LogP contribution in [0.1, 0.15) is 39.4 Å². The molecule has 1 aromatic heterocycles. The third-order valence-electron chi connectivity index (χ3n) is 4.34. The lowest BCUT2D eigenvalue weighted by molar-refractivity contribution is 0.0601. The van der Waals surface area contributed by atoms with Gasteiger partial charge in [-0.05, 0) is 50.7 Å². The first kappa shape index (κ1) is 22.6. The first-order chi connectivity index (χ1) is 13.9. The number of anilines is 2. The van der Waals surface area contributed by atoms with E-state index in [1.165, 1.54) is 18.4 Å². The number of methoxy groups -OCH3 is 2. The molecule has 0 aliphatic carbocycles. The zero-order valence-corrected chi connectivity index (χ0v) is 18.8. The minimum absolute atomic E-state index is 0.123. The number of nitrogens with one attached hydrogen (secondary N) is 2. The number of thiocarbonyl (C=S) groups is 1. The van der Waals surface area contributed by atoms with Gasteiger partial charge in [-0.3, -0.25) is 4.79 Å². The van der Waals surface area contributed by atoms with E-state index in [0.717, 1.165) is 5.69 Å². The molecule has 2 aromatic rings. The molecule has 0 spiro atoms. The van der Waals surface area contributed by atoms with E-state index < -0.39 is 5.97 Å². The number of hydrogen-bond donors (Lipinski definition) is 2. The first-order valence-corrected chi connectivity index (χ1v) is 10.3. The quantitative estimate of drug-likeness (QED) is 0.500. The second kappa shape index (κ2) is 10.2. The van der Waals surface area contributed by atoms with Crippen LogP contribution in [-0.2, 0) is 4.74 Å². The number of hydrogen-bond acceptors (Lipinski definition) is 6. The van der Waals surface area contributed by atoms with Crippen molar-refractivity contribution >= 4 is 51.2 Å². The third kappa shape index (κ3) is 5.24. The number of esters is 1. The highest BCUT2D eigenvalue weighted by Crippen LogP contribution is 2.34. The van der Waals surface area contributed by atoms with Crippen LogP contribution >= 0.6 is 23.6 Å². The zero-order valence-electron chi connectivity index (χ0n) is 17.1. The van der Waals surface area contributed by atoms with Crippen LogP contribution < -0.4 is 15.4 Å². The molecule has 1 heterocycles. The summed E-state index contributed by atoms with van der Waals surface area (Å²) in [5.41, 5.74) is 1.61. The van der Waals surface area contributed by atoms with Gasteiger partial charge in [-0.2, -0.15) is 0 Å². The number of amides is 1. The summed E-state index contributed by atoms with van der Waals surface area (Å²) in [7, 11) is 2.89. The first-order valence-electron chi connectivity index (χ1n) is 9.09. The number of ether oxygens (including phenoxy) is 2. The van der Waals surface area contributed by atoms with Crippen LogP contribution in [0.25, 0.3) is 0 Å². The van der Waals surface area contributed by atoms with Gasteiger partial charge in [0.15, 0.2) is 5.11 Å². The SMILES string of the molecule is CCN(CC)C(=O)c1sc(NC(=S)Nc2cccc(OC)c2)c(C(=O)OC)c1C. The lowest BCUT2D eigenvalue weighted by atomic mass is 10.1. The molecule has 1 aromatic carbocycles. The summed E-state index contributed by atoms with van der Waals surface area (Å²) in [6.45, 7) is 6.73. The van der Waals surface area contributed by atoms with Crippen molar-refractivity contribution in [3.8, 4) is 5.75 Å². The van der Waals surface area contributed by atoms with Crippen molar-refractivity contribution in [2.24, 2.45) is 0 Å². The molecule has 0 saturated heterocycles. The van der Waals surface area contributed by atoms with Crippen molar-refractivity contribution in [1.82, 2.24) is 4.90 Å². The molecule has 0 aliphatic heterocycles. The molecule has 0 aliphatic rings. The third-order valence-corrected chi connectivity index (χ3v) is 5.74. The van der Waals surface area contributed by atoms with E-state index in [-0.39, 0.29) is 11.0 Å².